The summed E-state index contributed by atoms with van der Waals surface area (Å²) in [6.07, 6.45) is 0.189. The maximum Gasteiger partial charge on any atom is 0.259 e. The van der Waals surface area contributed by atoms with Crippen molar-refractivity contribution in [3.05, 3.63) is 68.7 Å². The van der Waals surface area contributed by atoms with Gasteiger partial charge in [-0.3, -0.25) is 20.2 Å². The van der Waals surface area contributed by atoms with E-state index in [4.69, 9.17) is 34.8 Å². The fourth-order valence-corrected chi connectivity index (χ4v) is 3.52. The Hall–Kier alpha value is -2.61. The van der Waals surface area contributed by atoms with Crippen LogP contribution in [0.15, 0.2) is 42.5 Å². The fraction of sp³-hybridized carbons (Fsp3) is 0.111. The lowest BCUT2D eigenvalue weighted by atomic mass is 10.0. The lowest BCUT2D eigenvalue weighted by Gasteiger charge is -2.23. The molecule has 2 aromatic carbocycles. The van der Waals surface area contributed by atoms with Crippen molar-refractivity contribution in [2.45, 2.75) is 12.5 Å². The van der Waals surface area contributed by atoms with Gasteiger partial charge in [0, 0.05) is 10.0 Å². The lowest BCUT2D eigenvalue weighted by Crippen LogP contribution is -2.29. The van der Waals surface area contributed by atoms with Crippen LogP contribution in [0.5, 0.6) is 0 Å². The maximum absolute atomic E-state index is 12.5. The van der Waals surface area contributed by atoms with Gasteiger partial charge in [0.15, 0.2) is 0 Å². The summed E-state index contributed by atoms with van der Waals surface area (Å²) in [5.41, 5.74) is 1.08. The van der Waals surface area contributed by atoms with E-state index in [1.807, 2.05) is 12.1 Å². The highest BCUT2D eigenvalue weighted by Crippen LogP contribution is 2.30. The summed E-state index contributed by atoms with van der Waals surface area (Å²) in [7, 11) is 0. The van der Waals surface area contributed by atoms with Crippen LogP contribution in [-0.4, -0.2) is 26.6 Å². The zero-order valence-electron chi connectivity index (χ0n) is 14.1. The number of hydrogen-bond donors (Lipinski definition) is 2. The largest absolute Gasteiger partial charge is 0.295 e. The van der Waals surface area contributed by atoms with E-state index in [9.17, 15) is 9.59 Å². The minimum atomic E-state index is -0.487. The minimum Gasteiger partial charge on any atom is -0.295 e. The van der Waals surface area contributed by atoms with Gasteiger partial charge in [-0.1, -0.05) is 46.9 Å². The molecule has 1 atom stereocenters. The molecular formula is C18H12Cl3N5O2. The summed E-state index contributed by atoms with van der Waals surface area (Å²) >= 11 is 17.9. The number of carbonyl (C=O) groups excluding carboxylic acids is 2. The lowest BCUT2D eigenvalue weighted by molar-refractivity contribution is -0.117. The monoisotopic (exact) mass is 435 g/mol. The number of hydrogen-bond acceptors (Lipinski definition) is 4. The van der Waals surface area contributed by atoms with Crippen molar-refractivity contribution >= 4 is 58.5 Å². The quantitative estimate of drug-likeness (QED) is 0.636. The molecule has 0 radical (unpaired) electrons. The van der Waals surface area contributed by atoms with Crippen molar-refractivity contribution in [2.75, 3.05) is 10.6 Å². The first-order chi connectivity index (χ1) is 13.4. The number of aromatic nitrogens is 3. The van der Waals surface area contributed by atoms with Gasteiger partial charge in [-0.2, -0.15) is 4.98 Å². The van der Waals surface area contributed by atoms with Crippen molar-refractivity contribution in [1.82, 2.24) is 14.8 Å². The summed E-state index contributed by atoms with van der Waals surface area (Å²) in [5, 5.41) is 10.8. The van der Waals surface area contributed by atoms with Gasteiger partial charge in [-0.05, 0) is 35.9 Å². The normalized spacial score (nSPS) is 15.7. The molecule has 2 N–H and O–H groups in total. The Morgan fingerprint density at radius 3 is 2.54 bits per heavy atom. The number of benzene rings is 2. The molecule has 0 spiro atoms. The van der Waals surface area contributed by atoms with E-state index in [-0.39, 0.29) is 40.9 Å². The van der Waals surface area contributed by atoms with Crippen LogP contribution in [0.3, 0.4) is 0 Å². The third-order valence-corrected chi connectivity index (χ3v) is 5.01. The summed E-state index contributed by atoms with van der Waals surface area (Å²) in [4.78, 5) is 28.8. The smallest absolute Gasteiger partial charge is 0.259 e. The molecule has 142 valence electrons. The van der Waals surface area contributed by atoms with Crippen LogP contribution in [0.2, 0.25) is 15.1 Å². The Morgan fingerprint density at radius 2 is 1.82 bits per heavy atom. The van der Waals surface area contributed by atoms with Gasteiger partial charge in [-0.25, -0.2) is 4.68 Å². The third-order valence-electron chi connectivity index (χ3n) is 4.21. The molecule has 2 heterocycles. The second-order valence-electron chi connectivity index (χ2n) is 6.10. The molecule has 0 saturated heterocycles. The molecule has 7 nitrogen and oxygen atoms in total. The molecule has 1 unspecified atom stereocenters. The zero-order valence-corrected chi connectivity index (χ0v) is 16.4. The highest BCUT2D eigenvalue weighted by Gasteiger charge is 2.29. The summed E-state index contributed by atoms with van der Waals surface area (Å²) in [6, 6.07) is 11.3. The van der Waals surface area contributed by atoms with Crippen LogP contribution in [-0.2, 0) is 4.79 Å². The Bertz CT molecular complexity index is 1080. The number of anilines is 2. The van der Waals surface area contributed by atoms with E-state index < -0.39 is 5.91 Å². The second-order valence-corrected chi connectivity index (χ2v) is 7.38. The molecular weight excluding hydrogens is 425 g/mol. The molecule has 0 aliphatic carbocycles. The predicted molar refractivity (Wildman–Crippen MR) is 107 cm³/mol. The number of carbonyl (C=O) groups is 2. The highest BCUT2D eigenvalue weighted by molar-refractivity contribution is 6.37. The second kappa shape index (κ2) is 7.43. The van der Waals surface area contributed by atoms with E-state index in [1.165, 1.54) is 12.1 Å². The van der Waals surface area contributed by atoms with E-state index in [0.717, 1.165) is 5.56 Å². The molecule has 0 fully saturated rings. The number of amides is 2. The van der Waals surface area contributed by atoms with Crippen LogP contribution in [0.4, 0.5) is 11.9 Å². The molecule has 3 aromatic rings. The first-order valence-corrected chi connectivity index (χ1v) is 9.32. The summed E-state index contributed by atoms with van der Waals surface area (Å²) < 4.78 is 1.56. The summed E-state index contributed by atoms with van der Waals surface area (Å²) in [5.74, 6) is -0.390. The zero-order chi connectivity index (χ0) is 19.8. The van der Waals surface area contributed by atoms with Crippen molar-refractivity contribution in [3.8, 4) is 0 Å². The van der Waals surface area contributed by atoms with Crippen LogP contribution in [0, 0.1) is 0 Å². The topological polar surface area (TPSA) is 88.9 Å². The Balaban J connectivity index is 1.63. The maximum atomic E-state index is 12.5. The van der Waals surface area contributed by atoms with Gasteiger partial charge in [0.2, 0.25) is 11.9 Å². The molecule has 10 heteroatoms. The van der Waals surface area contributed by atoms with Crippen LogP contribution in [0.25, 0.3) is 0 Å². The molecule has 0 saturated carbocycles. The van der Waals surface area contributed by atoms with Gasteiger partial charge in [0.25, 0.3) is 11.9 Å². The standard InChI is InChI=1S/C18H12Cl3N5O2/c19-10-3-1-9(2-4-10)14-8-15(27)22-18-24-17(25-26(14)18)23-16(28)12-6-5-11(20)7-13(12)21/h1-7,14H,8H2,(H2,22,23,24,25,27,28). The molecule has 0 bridgehead atoms. The number of halogens is 3. The first kappa shape index (κ1) is 18.7. The average molecular weight is 437 g/mol. The third kappa shape index (κ3) is 3.69. The van der Waals surface area contributed by atoms with E-state index in [2.05, 4.69) is 20.7 Å². The average Bonchev–Trinajstić information content (AvgIpc) is 3.03. The molecule has 1 aliphatic heterocycles. The van der Waals surface area contributed by atoms with Gasteiger partial charge in [0.1, 0.15) is 0 Å². The van der Waals surface area contributed by atoms with E-state index in [1.54, 1.807) is 22.9 Å². The van der Waals surface area contributed by atoms with Crippen molar-refractivity contribution < 1.29 is 9.59 Å². The SMILES string of the molecule is O=C1CC(c2ccc(Cl)cc2)n2nc(NC(=O)c3ccc(Cl)cc3Cl)nc2N1. The number of nitrogens with zero attached hydrogens (tertiary/aromatic N) is 3. The molecule has 1 aliphatic rings. The first-order valence-electron chi connectivity index (χ1n) is 8.19. The number of rotatable bonds is 3. The van der Waals surface area contributed by atoms with E-state index in [0.29, 0.717) is 10.0 Å². The summed E-state index contributed by atoms with van der Waals surface area (Å²) in [6.45, 7) is 0. The van der Waals surface area contributed by atoms with Crippen LogP contribution >= 0.6 is 34.8 Å². The van der Waals surface area contributed by atoms with Crippen LogP contribution < -0.4 is 10.6 Å². The van der Waals surface area contributed by atoms with Gasteiger partial charge in [0.05, 0.1) is 23.0 Å². The number of nitrogens with one attached hydrogen (secondary N) is 2. The van der Waals surface area contributed by atoms with Crippen molar-refractivity contribution in [1.29, 1.82) is 0 Å². The Morgan fingerprint density at radius 1 is 1.11 bits per heavy atom. The molecule has 2 amide bonds. The fourth-order valence-electron chi connectivity index (χ4n) is 2.90. The van der Waals surface area contributed by atoms with Crippen molar-refractivity contribution in [3.63, 3.8) is 0 Å². The molecule has 28 heavy (non-hydrogen) atoms. The predicted octanol–water partition coefficient (Wildman–Crippen LogP) is 4.42. The van der Waals surface area contributed by atoms with Gasteiger partial charge < -0.3 is 0 Å². The Kier molecular flexibility index (Phi) is 4.97. The minimum absolute atomic E-state index is 0.0483. The molecule has 4 rings (SSSR count). The van der Waals surface area contributed by atoms with Gasteiger partial charge in [-0.15, -0.1) is 5.10 Å². The van der Waals surface area contributed by atoms with E-state index >= 15 is 0 Å². The van der Waals surface area contributed by atoms with Crippen LogP contribution in [0.1, 0.15) is 28.4 Å². The van der Waals surface area contributed by atoms with Gasteiger partial charge >= 0.3 is 0 Å². The Labute approximate surface area is 174 Å². The molecule has 1 aromatic heterocycles. The van der Waals surface area contributed by atoms with Crippen molar-refractivity contribution in [2.24, 2.45) is 0 Å². The number of fused-ring (bicyclic) bond motifs is 1. The highest BCUT2D eigenvalue weighted by atomic mass is 35.5.